The highest BCUT2D eigenvalue weighted by Gasteiger charge is 2.23. The van der Waals surface area contributed by atoms with Gasteiger partial charge in [0.1, 0.15) is 0 Å². The maximum absolute atomic E-state index is 13.2. The highest BCUT2D eigenvalue weighted by molar-refractivity contribution is 7.22. The van der Waals surface area contributed by atoms with Crippen molar-refractivity contribution in [2.75, 3.05) is 11.4 Å². The molecule has 3 heterocycles. The van der Waals surface area contributed by atoms with Gasteiger partial charge in [-0.05, 0) is 49.6 Å². The Labute approximate surface area is 176 Å². The van der Waals surface area contributed by atoms with Gasteiger partial charge >= 0.3 is 0 Å². The molecule has 0 aliphatic heterocycles. The Hall–Kier alpha value is -2.22. The molecule has 0 unspecified atom stereocenters. The second kappa shape index (κ2) is 8.03. The standard InChI is InChI=1S/C20H19ClN4OS2/c1-13-4-5-15-18(14(13)2)23-20(28-15)25(10-3-9-24-11-8-22-12-24)19(26)16-6-7-17(21)27-16/h4-8,11-12H,3,9-10H2,1-2H3. The van der Waals surface area contributed by atoms with Crippen LogP contribution in [0.25, 0.3) is 10.2 Å². The number of thiazole rings is 1. The number of nitrogens with zero attached hydrogens (tertiary/aromatic N) is 4. The maximum Gasteiger partial charge on any atom is 0.270 e. The first-order valence-electron chi connectivity index (χ1n) is 8.92. The lowest BCUT2D eigenvalue weighted by Gasteiger charge is -2.19. The van der Waals surface area contributed by atoms with Crippen LogP contribution in [0, 0.1) is 13.8 Å². The minimum Gasteiger partial charge on any atom is -0.337 e. The first-order valence-corrected chi connectivity index (χ1v) is 10.9. The van der Waals surface area contributed by atoms with E-state index >= 15 is 0 Å². The smallest absolute Gasteiger partial charge is 0.270 e. The fraction of sp³-hybridized carbons (Fsp3) is 0.250. The fourth-order valence-electron chi connectivity index (χ4n) is 3.01. The molecule has 0 fully saturated rings. The number of rotatable bonds is 6. The first-order chi connectivity index (χ1) is 13.5. The Morgan fingerprint density at radius 1 is 1.21 bits per heavy atom. The Balaban J connectivity index is 1.65. The number of carbonyl (C=O) groups excluding carboxylic acids is 1. The monoisotopic (exact) mass is 430 g/mol. The number of benzene rings is 1. The van der Waals surface area contributed by atoms with Gasteiger partial charge in [0.2, 0.25) is 0 Å². The third-order valence-electron chi connectivity index (χ3n) is 4.69. The zero-order valence-corrected chi connectivity index (χ0v) is 17.9. The summed E-state index contributed by atoms with van der Waals surface area (Å²) in [7, 11) is 0. The van der Waals surface area contributed by atoms with Gasteiger partial charge in [-0.25, -0.2) is 9.97 Å². The summed E-state index contributed by atoms with van der Waals surface area (Å²) in [5, 5.41) is 0.726. The summed E-state index contributed by atoms with van der Waals surface area (Å²) >= 11 is 8.90. The van der Waals surface area contributed by atoms with E-state index in [0.717, 1.165) is 33.9 Å². The molecular weight excluding hydrogens is 412 g/mol. The average Bonchev–Trinajstić information content (AvgIpc) is 3.42. The van der Waals surface area contributed by atoms with Gasteiger partial charge in [0.15, 0.2) is 5.13 Å². The Morgan fingerprint density at radius 3 is 2.79 bits per heavy atom. The molecule has 0 atom stereocenters. The Morgan fingerprint density at radius 2 is 2.07 bits per heavy atom. The lowest BCUT2D eigenvalue weighted by molar-refractivity contribution is 0.0990. The quantitative estimate of drug-likeness (QED) is 0.402. The number of hydrogen-bond donors (Lipinski definition) is 0. The second-order valence-corrected chi connectivity index (χ2v) is 9.29. The number of aromatic nitrogens is 3. The van der Waals surface area contributed by atoms with Crippen molar-refractivity contribution in [3.63, 3.8) is 0 Å². The first kappa shape index (κ1) is 19.1. The maximum atomic E-state index is 13.2. The molecule has 0 saturated carbocycles. The van der Waals surface area contributed by atoms with Gasteiger partial charge in [-0.2, -0.15) is 0 Å². The van der Waals surface area contributed by atoms with Crippen LogP contribution in [0.4, 0.5) is 5.13 Å². The third-order valence-corrected chi connectivity index (χ3v) is 6.95. The van der Waals surface area contributed by atoms with E-state index in [9.17, 15) is 4.79 Å². The lowest BCUT2D eigenvalue weighted by Crippen LogP contribution is -2.31. The van der Waals surface area contributed by atoms with E-state index in [1.807, 2.05) is 10.8 Å². The number of anilines is 1. The predicted octanol–water partition coefficient (Wildman–Crippen LogP) is 5.56. The molecule has 144 valence electrons. The lowest BCUT2D eigenvalue weighted by atomic mass is 10.1. The molecule has 0 spiro atoms. The van der Waals surface area contributed by atoms with E-state index in [1.54, 1.807) is 40.9 Å². The molecule has 1 aromatic carbocycles. The molecule has 0 aliphatic rings. The molecule has 5 nitrogen and oxygen atoms in total. The zero-order valence-electron chi connectivity index (χ0n) is 15.6. The Bertz CT molecular complexity index is 1120. The van der Waals surface area contributed by atoms with Crippen LogP contribution in [0.5, 0.6) is 0 Å². The van der Waals surface area contributed by atoms with E-state index in [0.29, 0.717) is 15.8 Å². The average molecular weight is 431 g/mol. The summed E-state index contributed by atoms with van der Waals surface area (Å²) < 4.78 is 3.71. The van der Waals surface area contributed by atoms with Gasteiger partial charge in [0.05, 0.1) is 25.8 Å². The van der Waals surface area contributed by atoms with Gasteiger partial charge in [0, 0.05) is 25.5 Å². The SMILES string of the molecule is Cc1ccc2sc(N(CCCn3ccnc3)C(=O)c3ccc(Cl)s3)nc2c1C. The molecule has 8 heteroatoms. The summed E-state index contributed by atoms with van der Waals surface area (Å²) in [6, 6.07) is 7.72. The largest absolute Gasteiger partial charge is 0.337 e. The van der Waals surface area contributed by atoms with Crippen molar-refractivity contribution in [1.29, 1.82) is 0 Å². The number of amides is 1. The van der Waals surface area contributed by atoms with Crippen molar-refractivity contribution in [3.05, 3.63) is 63.3 Å². The highest BCUT2D eigenvalue weighted by Crippen LogP contribution is 2.33. The predicted molar refractivity (Wildman–Crippen MR) is 117 cm³/mol. The van der Waals surface area contributed by atoms with Crippen LogP contribution in [0.3, 0.4) is 0 Å². The van der Waals surface area contributed by atoms with E-state index in [2.05, 4.69) is 31.0 Å². The summed E-state index contributed by atoms with van der Waals surface area (Å²) in [5.41, 5.74) is 3.33. The molecule has 4 rings (SSSR count). The summed E-state index contributed by atoms with van der Waals surface area (Å²) in [4.78, 5) is 24.5. The van der Waals surface area contributed by atoms with Crippen LogP contribution in [0.2, 0.25) is 4.34 Å². The number of carbonyl (C=O) groups is 1. The number of halogens is 1. The van der Waals surface area contributed by atoms with Crippen molar-refractivity contribution in [3.8, 4) is 0 Å². The second-order valence-electron chi connectivity index (χ2n) is 6.57. The zero-order chi connectivity index (χ0) is 19.7. The summed E-state index contributed by atoms with van der Waals surface area (Å²) in [5.74, 6) is -0.0593. The van der Waals surface area contributed by atoms with Crippen LogP contribution in [0.15, 0.2) is 43.0 Å². The van der Waals surface area contributed by atoms with E-state index in [1.165, 1.54) is 16.9 Å². The van der Waals surface area contributed by atoms with Crippen LogP contribution in [-0.4, -0.2) is 27.0 Å². The number of hydrogen-bond acceptors (Lipinski definition) is 5. The molecule has 0 saturated heterocycles. The molecule has 0 aliphatic carbocycles. The number of aryl methyl sites for hydroxylation is 3. The molecule has 3 aromatic heterocycles. The molecule has 28 heavy (non-hydrogen) atoms. The fourth-order valence-corrected chi connectivity index (χ4v) is 5.05. The van der Waals surface area contributed by atoms with Crippen molar-refractivity contribution >= 4 is 55.5 Å². The normalized spacial score (nSPS) is 11.2. The van der Waals surface area contributed by atoms with Crippen LogP contribution >= 0.6 is 34.3 Å². The van der Waals surface area contributed by atoms with Crippen molar-refractivity contribution in [2.45, 2.75) is 26.8 Å². The number of fused-ring (bicyclic) bond motifs is 1. The molecule has 0 radical (unpaired) electrons. The van der Waals surface area contributed by atoms with Crippen molar-refractivity contribution in [1.82, 2.24) is 14.5 Å². The molecule has 1 amide bonds. The van der Waals surface area contributed by atoms with Gasteiger partial charge in [-0.15, -0.1) is 11.3 Å². The highest BCUT2D eigenvalue weighted by atomic mass is 35.5. The van der Waals surface area contributed by atoms with Gasteiger partial charge in [-0.1, -0.05) is 29.0 Å². The minimum atomic E-state index is -0.0593. The minimum absolute atomic E-state index is 0.0593. The summed E-state index contributed by atoms with van der Waals surface area (Å²) in [6.45, 7) is 5.52. The Kier molecular flexibility index (Phi) is 5.48. The summed E-state index contributed by atoms with van der Waals surface area (Å²) in [6.07, 6.45) is 6.27. The third kappa shape index (κ3) is 3.83. The van der Waals surface area contributed by atoms with Crippen molar-refractivity contribution < 1.29 is 4.79 Å². The number of thiophene rings is 1. The van der Waals surface area contributed by atoms with Gasteiger partial charge < -0.3 is 4.57 Å². The molecule has 0 bridgehead atoms. The van der Waals surface area contributed by atoms with Gasteiger partial charge in [-0.3, -0.25) is 9.69 Å². The van der Waals surface area contributed by atoms with Crippen LogP contribution in [-0.2, 0) is 6.54 Å². The van der Waals surface area contributed by atoms with Crippen LogP contribution < -0.4 is 4.90 Å². The van der Waals surface area contributed by atoms with Crippen molar-refractivity contribution in [2.24, 2.45) is 0 Å². The van der Waals surface area contributed by atoms with E-state index in [4.69, 9.17) is 16.6 Å². The van der Waals surface area contributed by atoms with E-state index in [-0.39, 0.29) is 5.91 Å². The van der Waals surface area contributed by atoms with E-state index < -0.39 is 0 Å². The molecule has 0 N–H and O–H groups in total. The molecule has 4 aromatic rings. The number of imidazole rings is 1. The van der Waals surface area contributed by atoms with Gasteiger partial charge in [0.25, 0.3) is 5.91 Å². The topological polar surface area (TPSA) is 51.0 Å². The van der Waals surface area contributed by atoms with Crippen LogP contribution in [0.1, 0.15) is 27.2 Å². The molecular formula is C20H19ClN4OS2.